The first-order chi connectivity index (χ1) is 14.5. The quantitative estimate of drug-likeness (QED) is 0.444. The van der Waals surface area contributed by atoms with E-state index < -0.39 is 11.8 Å². The summed E-state index contributed by atoms with van der Waals surface area (Å²) in [6.07, 6.45) is 3.25. The van der Waals surface area contributed by atoms with Crippen molar-refractivity contribution in [2.75, 3.05) is 0 Å². The Balaban J connectivity index is 1.82. The van der Waals surface area contributed by atoms with Gasteiger partial charge in [-0.1, -0.05) is 6.07 Å². The molecule has 8 heteroatoms. The molecule has 0 amide bonds. The first-order valence-electron chi connectivity index (χ1n) is 9.46. The van der Waals surface area contributed by atoms with Crippen LogP contribution in [0.5, 0.6) is 0 Å². The molecular formula is C22H18FN3O3S. The number of unbranched alkanes of at least 4 members (excludes halogenated alkanes) is 1. The molecular weight excluding hydrogens is 405 g/mol. The summed E-state index contributed by atoms with van der Waals surface area (Å²) in [7, 11) is 0. The predicted octanol–water partition coefficient (Wildman–Crippen LogP) is 4.45. The third kappa shape index (κ3) is 4.13. The normalized spacial score (nSPS) is 11.1. The van der Waals surface area contributed by atoms with Crippen LogP contribution >= 0.6 is 11.3 Å². The zero-order chi connectivity index (χ0) is 21.1. The van der Waals surface area contributed by atoms with Crippen molar-refractivity contribution < 1.29 is 14.3 Å². The van der Waals surface area contributed by atoms with Crippen molar-refractivity contribution in [3.8, 4) is 16.3 Å². The fraction of sp³-hybridized carbons (Fsp3) is 0.182. The lowest BCUT2D eigenvalue weighted by atomic mass is 10.1. The van der Waals surface area contributed by atoms with Crippen molar-refractivity contribution in [3.63, 3.8) is 0 Å². The number of thiazole rings is 1. The van der Waals surface area contributed by atoms with Gasteiger partial charge < -0.3 is 5.11 Å². The minimum absolute atomic E-state index is 0.0581. The monoisotopic (exact) mass is 423 g/mol. The summed E-state index contributed by atoms with van der Waals surface area (Å²) < 4.78 is 14.9. The van der Waals surface area contributed by atoms with E-state index in [2.05, 4.69) is 4.98 Å². The van der Waals surface area contributed by atoms with Crippen molar-refractivity contribution in [2.24, 2.45) is 0 Å². The third-order valence-electron chi connectivity index (χ3n) is 4.74. The molecule has 6 nitrogen and oxygen atoms in total. The molecule has 0 bridgehead atoms. The van der Waals surface area contributed by atoms with E-state index >= 15 is 0 Å². The largest absolute Gasteiger partial charge is 0.481 e. The zero-order valence-corrected chi connectivity index (χ0v) is 16.7. The van der Waals surface area contributed by atoms with E-state index in [-0.39, 0.29) is 12.0 Å². The molecule has 0 unspecified atom stereocenters. The number of benzene rings is 2. The van der Waals surface area contributed by atoms with Gasteiger partial charge in [0.25, 0.3) is 5.56 Å². The summed E-state index contributed by atoms with van der Waals surface area (Å²) in [5.41, 5.74) is 1.71. The highest BCUT2D eigenvalue weighted by Crippen LogP contribution is 2.25. The van der Waals surface area contributed by atoms with Crippen LogP contribution in [0.3, 0.4) is 0 Å². The van der Waals surface area contributed by atoms with E-state index in [0.717, 1.165) is 10.6 Å². The average molecular weight is 423 g/mol. The molecule has 0 radical (unpaired) electrons. The SMILES string of the molecule is O=C(O)CCCCc1nc2cc(-c3nccs3)ccc2c(=O)n1-c1ccc(F)cc1. The van der Waals surface area contributed by atoms with E-state index in [0.29, 0.717) is 41.7 Å². The molecule has 0 aliphatic heterocycles. The second-order valence-electron chi connectivity index (χ2n) is 6.82. The van der Waals surface area contributed by atoms with Crippen molar-refractivity contribution in [1.82, 2.24) is 14.5 Å². The summed E-state index contributed by atoms with van der Waals surface area (Å²) in [4.78, 5) is 33.1. The van der Waals surface area contributed by atoms with Gasteiger partial charge in [-0.05, 0) is 49.2 Å². The standard InChI is InChI=1S/C22H18FN3O3S/c23-15-6-8-16(9-7-15)26-19(3-1-2-4-20(27)28)25-18-13-14(21-24-11-12-30-21)5-10-17(18)22(26)29/h5-13H,1-4H2,(H,27,28). The summed E-state index contributed by atoms with van der Waals surface area (Å²) in [6, 6.07) is 11.1. The molecule has 152 valence electrons. The van der Waals surface area contributed by atoms with Gasteiger partial charge in [0.1, 0.15) is 16.6 Å². The van der Waals surface area contributed by atoms with Crippen LogP contribution in [-0.4, -0.2) is 25.6 Å². The van der Waals surface area contributed by atoms with E-state index in [1.54, 1.807) is 12.3 Å². The van der Waals surface area contributed by atoms with Gasteiger partial charge in [-0.15, -0.1) is 11.3 Å². The molecule has 2 aromatic heterocycles. The number of nitrogens with zero attached hydrogens (tertiary/aromatic N) is 3. The molecule has 4 rings (SSSR count). The van der Waals surface area contributed by atoms with Crippen LogP contribution in [0.2, 0.25) is 0 Å². The minimum atomic E-state index is -0.856. The topological polar surface area (TPSA) is 85.1 Å². The number of carboxylic acid groups (broad SMARTS) is 1. The van der Waals surface area contributed by atoms with Crippen LogP contribution < -0.4 is 5.56 Å². The second kappa shape index (κ2) is 8.54. The number of carbonyl (C=O) groups is 1. The maximum Gasteiger partial charge on any atom is 0.303 e. The molecule has 0 saturated carbocycles. The zero-order valence-electron chi connectivity index (χ0n) is 15.9. The van der Waals surface area contributed by atoms with Crippen LogP contribution in [-0.2, 0) is 11.2 Å². The second-order valence-corrected chi connectivity index (χ2v) is 7.71. The van der Waals surface area contributed by atoms with Gasteiger partial charge in [0.05, 0.1) is 16.6 Å². The number of carboxylic acids is 1. The highest BCUT2D eigenvalue weighted by Gasteiger charge is 2.14. The number of hydrogen-bond donors (Lipinski definition) is 1. The lowest BCUT2D eigenvalue weighted by Gasteiger charge is -2.14. The van der Waals surface area contributed by atoms with Gasteiger partial charge in [0.2, 0.25) is 0 Å². The van der Waals surface area contributed by atoms with Gasteiger partial charge in [-0.25, -0.2) is 14.4 Å². The first kappa shape index (κ1) is 19.9. The van der Waals surface area contributed by atoms with Crippen LogP contribution in [0.15, 0.2) is 58.8 Å². The lowest BCUT2D eigenvalue weighted by molar-refractivity contribution is -0.137. The number of aryl methyl sites for hydroxylation is 1. The number of hydrogen-bond acceptors (Lipinski definition) is 5. The Morgan fingerprint density at radius 2 is 1.93 bits per heavy atom. The lowest BCUT2D eigenvalue weighted by Crippen LogP contribution is -2.24. The Hall–Kier alpha value is -3.39. The van der Waals surface area contributed by atoms with E-state index in [1.165, 1.54) is 40.2 Å². The van der Waals surface area contributed by atoms with Gasteiger partial charge in [0.15, 0.2) is 0 Å². The maximum absolute atomic E-state index is 13.4. The molecule has 30 heavy (non-hydrogen) atoms. The van der Waals surface area contributed by atoms with E-state index in [9.17, 15) is 14.0 Å². The Bertz CT molecular complexity index is 1250. The van der Waals surface area contributed by atoms with Gasteiger partial charge in [0, 0.05) is 30.0 Å². The van der Waals surface area contributed by atoms with E-state index in [4.69, 9.17) is 10.1 Å². The minimum Gasteiger partial charge on any atom is -0.481 e. The van der Waals surface area contributed by atoms with Crippen LogP contribution in [0.25, 0.3) is 27.2 Å². The number of aliphatic carboxylic acids is 1. The molecule has 4 aromatic rings. The molecule has 1 N–H and O–H groups in total. The number of halogens is 1. The number of rotatable bonds is 7. The number of aromatic nitrogens is 3. The average Bonchev–Trinajstić information content (AvgIpc) is 3.27. The molecule has 0 atom stereocenters. The Morgan fingerprint density at radius 1 is 1.13 bits per heavy atom. The predicted molar refractivity (Wildman–Crippen MR) is 114 cm³/mol. The van der Waals surface area contributed by atoms with Gasteiger partial charge in [-0.3, -0.25) is 14.2 Å². The maximum atomic E-state index is 13.4. The highest BCUT2D eigenvalue weighted by atomic mass is 32.1. The first-order valence-corrected chi connectivity index (χ1v) is 10.3. The van der Waals surface area contributed by atoms with Crippen molar-refractivity contribution in [3.05, 3.63) is 76.0 Å². The Labute approximate surface area is 175 Å². The Morgan fingerprint density at radius 3 is 2.63 bits per heavy atom. The van der Waals surface area contributed by atoms with Crippen molar-refractivity contribution in [1.29, 1.82) is 0 Å². The molecule has 0 saturated heterocycles. The van der Waals surface area contributed by atoms with Crippen LogP contribution in [0.1, 0.15) is 25.1 Å². The molecule has 0 aliphatic carbocycles. The van der Waals surface area contributed by atoms with Crippen LogP contribution in [0, 0.1) is 5.82 Å². The number of fused-ring (bicyclic) bond motifs is 1. The molecule has 0 spiro atoms. The Kier molecular flexibility index (Phi) is 5.67. The molecule has 0 fully saturated rings. The third-order valence-corrected chi connectivity index (χ3v) is 5.57. The summed E-state index contributed by atoms with van der Waals surface area (Å²) >= 11 is 1.50. The fourth-order valence-corrected chi connectivity index (χ4v) is 3.95. The molecule has 0 aliphatic rings. The highest BCUT2D eigenvalue weighted by molar-refractivity contribution is 7.13. The summed E-state index contributed by atoms with van der Waals surface area (Å²) in [6.45, 7) is 0. The fourth-order valence-electron chi connectivity index (χ4n) is 3.31. The van der Waals surface area contributed by atoms with Crippen molar-refractivity contribution >= 4 is 28.2 Å². The van der Waals surface area contributed by atoms with Crippen LogP contribution in [0.4, 0.5) is 4.39 Å². The molecule has 2 heterocycles. The van der Waals surface area contributed by atoms with Gasteiger partial charge in [-0.2, -0.15) is 0 Å². The smallest absolute Gasteiger partial charge is 0.303 e. The molecule has 2 aromatic carbocycles. The summed E-state index contributed by atoms with van der Waals surface area (Å²) in [5, 5.41) is 12.0. The van der Waals surface area contributed by atoms with Crippen molar-refractivity contribution in [2.45, 2.75) is 25.7 Å². The van der Waals surface area contributed by atoms with Gasteiger partial charge >= 0.3 is 5.97 Å². The van der Waals surface area contributed by atoms with E-state index in [1.807, 2.05) is 17.5 Å². The summed E-state index contributed by atoms with van der Waals surface area (Å²) in [5.74, 6) is -0.733.